The minimum Gasteiger partial charge on any atom is -0.377 e. The van der Waals surface area contributed by atoms with Crippen LogP contribution in [0.1, 0.15) is 22.8 Å². The molecule has 0 radical (unpaired) electrons. The van der Waals surface area contributed by atoms with Gasteiger partial charge in [-0.1, -0.05) is 15.9 Å². The molecule has 0 saturated carbocycles. The number of nitro benzene ring substituents is 1. The lowest BCUT2D eigenvalue weighted by molar-refractivity contribution is -0.385. The number of hydrogen-bond acceptors (Lipinski definition) is 4. The van der Waals surface area contributed by atoms with E-state index in [2.05, 4.69) is 15.9 Å². The molecular weight excluding hydrogens is 328 g/mol. The van der Waals surface area contributed by atoms with Gasteiger partial charge < -0.3 is 9.64 Å². The number of nitrogens with zero attached hydrogens (tertiary/aromatic N) is 2. The summed E-state index contributed by atoms with van der Waals surface area (Å²) in [7, 11) is 0. The highest BCUT2D eigenvalue weighted by Gasteiger charge is 2.28. The maximum atomic E-state index is 12.6. The first-order chi connectivity index (χ1) is 9.41. The summed E-state index contributed by atoms with van der Waals surface area (Å²) in [5, 5.41) is 11.0. The van der Waals surface area contributed by atoms with Crippen LogP contribution in [0.15, 0.2) is 16.6 Å². The molecule has 0 aromatic heterocycles. The van der Waals surface area contributed by atoms with E-state index in [1.165, 1.54) is 6.07 Å². The van der Waals surface area contributed by atoms with Crippen molar-refractivity contribution in [2.24, 2.45) is 0 Å². The van der Waals surface area contributed by atoms with Gasteiger partial charge in [-0.05, 0) is 19.9 Å². The highest BCUT2D eigenvalue weighted by atomic mass is 79.9. The Kier molecular flexibility index (Phi) is 4.39. The summed E-state index contributed by atoms with van der Waals surface area (Å²) in [6, 6.07) is 3.01. The zero-order chi connectivity index (χ0) is 14.9. The highest BCUT2D eigenvalue weighted by molar-refractivity contribution is 9.10. The van der Waals surface area contributed by atoms with Crippen LogP contribution in [0.4, 0.5) is 5.69 Å². The van der Waals surface area contributed by atoms with Crippen LogP contribution in [0.5, 0.6) is 0 Å². The molecule has 0 aliphatic carbocycles. The van der Waals surface area contributed by atoms with Crippen molar-refractivity contribution in [3.63, 3.8) is 0 Å². The largest absolute Gasteiger partial charge is 0.377 e. The summed E-state index contributed by atoms with van der Waals surface area (Å²) in [5.74, 6) is -0.192. The Morgan fingerprint density at radius 3 is 2.85 bits per heavy atom. The molecule has 6 nitrogen and oxygen atoms in total. The van der Waals surface area contributed by atoms with E-state index < -0.39 is 4.92 Å². The predicted molar refractivity (Wildman–Crippen MR) is 76.9 cm³/mol. The summed E-state index contributed by atoms with van der Waals surface area (Å²) in [6.07, 6.45) is 0. The predicted octanol–water partition coefficient (Wildman–Crippen LogP) is 2.53. The van der Waals surface area contributed by atoms with Crippen molar-refractivity contribution < 1.29 is 14.5 Å². The van der Waals surface area contributed by atoms with Gasteiger partial charge in [0.25, 0.3) is 11.6 Å². The lowest BCUT2D eigenvalue weighted by Gasteiger charge is -2.33. The van der Waals surface area contributed by atoms with Crippen molar-refractivity contribution in [3.05, 3.63) is 37.8 Å². The standard InChI is InChI=1S/C13H15BrN2O4/c1-8-7-20-4-3-15(8)13(17)11-5-10(14)6-12(9(11)2)16(18)19/h5-6,8H,3-4,7H2,1-2H3. The van der Waals surface area contributed by atoms with Crippen LogP contribution in [0, 0.1) is 17.0 Å². The molecule has 108 valence electrons. The fraction of sp³-hybridized carbons (Fsp3) is 0.462. The van der Waals surface area contributed by atoms with E-state index in [0.29, 0.717) is 35.4 Å². The van der Waals surface area contributed by atoms with Crippen LogP contribution in [0.25, 0.3) is 0 Å². The number of benzene rings is 1. The molecule has 1 saturated heterocycles. The third kappa shape index (κ3) is 2.83. The van der Waals surface area contributed by atoms with Gasteiger partial charge in [-0.15, -0.1) is 0 Å². The Morgan fingerprint density at radius 1 is 1.55 bits per heavy atom. The summed E-state index contributed by atoms with van der Waals surface area (Å²) in [6.45, 7) is 4.98. The average molecular weight is 343 g/mol. The monoisotopic (exact) mass is 342 g/mol. The van der Waals surface area contributed by atoms with Gasteiger partial charge in [-0.25, -0.2) is 0 Å². The van der Waals surface area contributed by atoms with Crippen LogP contribution in [-0.2, 0) is 4.74 Å². The van der Waals surface area contributed by atoms with Crippen LogP contribution in [-0.4, -0.2) is 41.5 Å². The van der Waals surface area contributed by atoms with Crippen molar-refractivity contribution in [1.29, 1.82) is 0 Å². The molecule has 1 atom stereocenters. The summed E-state index contributed by atoms with van der Waals surface area (Å²) < 4.78 is 5.83. The van der Waals surface area contributed by atoms with E-state index in [1.54, 1.807) is 17.9 Å². The van der Waals surface area contributed by atoms with Crippen molar-refractivity contribution in [2.75, 3.05) is 19.8 Å². The first kappa shape index (κ1) is 14.9. The van der Waals surface area contributed by atoms with Crippen LogP contribution < -0.4 is 0 Å². The molecule has 1 aromatic rings. The van der Waals surface area contributed by atoms with E-state index in [4.69, 9.17) is 4.74 Å². The lowest BCUT2D eigenvalue weighted by Crippen LogP contribution is -2.47. The molecule has 1 fully saturated rings. The van der Waals surface area contributed by atoms with Gasteiger partial charge in [0.1, 0.15) is 0 Å². The summed E-state index contributed by atoms with van der Waals surface area (Å²) >= 11 is 3.22. The molecule has 1 heterocycles. The van der Waals surface area contributed by atoms with Gasteiger partial charge in [0.15, 0.2) is 0 Å². The zero-order valence-electron chi connectivity index (χ0n) is 11.3. The number of carbonyl (C=O) groups excluding carboxylic acids is 1. The van der Waals surface area contributed by atoms with E-state index in [1.807, 2.05) is 6.92 Å². The molecule has 1 aliphatic heterocycles. The number of amides is 1. The third-order valence-corrected chi connectivity index (χ3v) is 3.86. The van der Waals surface area contributed by atoms with Gasteiger partial charge in [0.05, 0.1) is 29.7 Å². The molecular formula is C13H15BrN2O4. The maximum absolute atomic E-state index is 12.6. The molecule has 1 aromatic carbocycles. The Labute approximate surface area is 125 Å². The van der Waals surface area contributed by atoms with Crippen LogP contribution >= 0.6 is 15.9 Å². The van der Waals surface area contributed by atoms with E-state index in [9.17, 15) is 14.9 Å². The molecule has 7 heteroatoms. The number of morpholine rings is 1. The zero-order valence-corrected chi connectivity index (χ0v) is 12.8. The molecule has 0 N–H and O–H groups in total. The molecule has 0 bridgehead atoms. The van der Waals surface area contributed by atoms with Gasteiger partial charge in [0.2, 0.25) is 0 Å². The smallest absolute Gasteiger partial charge is 0.274 e. The summed E-state index contributed by atoms with van der Waals surface area (Å²) in [5.41, 5.74) is 0.699. The Morgan fingerprint density at radius 2 is 2.25 bits per heavy atom. The molecule has 20 heavy (non-hydrogen) atoms. The highest BCUT2D eigenvalue weighted by Crippen LogP contribution is 2.28. The number of halogens is 1. The number of nitro groups is 1. The first-order valence-electron chi connectivity index (χ1n) is 6.25. The van der Waals surface area contributed by atoms with Crippen LogP contribution in [0.2, 0.25) is 0 Å². The minimum absolute atomic E-state index is 0.0336. The molecule has 2 rings (SSSR count). The molecule has 1 amide bonds. The number of carbonyl (C=O) groups is 1. The minimum atomic E-state index is -0.473. The average Bonchev–Trinajstić information content (AvgIpc) is 2.40. The molecule has 1 aliphatic rings. The fourth-order valence-corrected chi connectivity index (χ4v) is 2.71. The first-order valence-corrected chi connectivity index (χ1v) is 7.04. The molecule has 0 spiro atoms. The quantitative estimate of drug-likeness (QED) is 0.611. The van der Waals surface area contributed by atoms with Crippen LogP contribution in [0.3, 0.4) is 0 Å². The van der Waals surface area contributed by atoms with E-state index >= 15 is 0 Å². The SMILES string of the molecule is Cc1c(C(=O)N2CCOCC2C)cc(Br)cc1[N+](=O)[O-]. The van der Waals surface area contributed by atoms with E-state index in [0.717, 1.165) is 0 Å². The number of rotatable bonds is 2. The Hall–Kier alpha value is -1.47. The Bertz CT molecular complexity index is 562. The fourth-order valence-electron chi connectivity index (χ4n) is 2.26. The van der Waals surface area contributed by atoms with Crippen molar-refractivity contribution in [2.45, 2.75) is 19.9 Å². The second kappa shape index (κ2) is 5.88. The third-order valence-electron chi connectivity index (χ3n) is 3.40. The van der Waals surface area contributed by atoms with E-state index in [-0.39, 0.29) is 17.6 Å². The maximum Gasteiger partial charge on any atom is 0.274 e. The second-order valence-corrected chi connectivity index (χ2v) is 5.69. The van der Waals surface area contributed by atoms with Gasteiger partial charge in [-0.2, -0.15) is 0 Å². The summed E-state index contributed by atoms with van der Waals surface area (Å²) in [4.78, 5) is 24.8. The van der Waals surface area contributed by atoms with Gasteiger partial charge >= 0.3 is 0 Å². The Balaban J connectivity index is 2.41. The van der Waals surface area contributed by atoms with Gasteiger partial charge in [0, 0.05) is 22.6 Å². The van der Waals surface area contributed by atoms with Crippen molar-refractivity contribution >= 4 is 27.5 Å². The topological polar surface area (TPSA) is 72.7 Å². The van der Waals surface area contributed by atoms with Crippen molar-refractivity contribution in [1.82, 2.24) is 4.90 Å². The normalized spacial score (nSPS) is 18.9. The molecule has 1 unspecified atom stereocenters. The number of hydrogen-bond donors (Lipinski definition) is 0. The van der Waals surface area contributed by atoms with Gasteiger partial charge in [-0.3, -0.25) is 14.9 Å². The number of ether oxygens (including phenoxy) is 1. The lowest BCUT2D eigenvalue weighted by atomic mass is 10.0. The second-order valence-electron chi connectivity index (χ2n) is 4.78. The van der Waals surface area contributed by atoms with Crippen molar-refractivity contribution in [3.8, 4) is 0 Å².